The molecular formula is C13H17BrN2O4. The van der Waals surface area contributed by atoms with Crippen molar-refractivity contribution in [3.05, 3.63) is 38.3 Å². The number of carbonyl (C=O) groups is 1. The highest BCUT2D eigenvalue weighted by atomic mass is 79.9. The molecule has 0 aromatic heterocycles. The van der Waals surface area contributed by atoms with E-state index in [2.05, 4.69) is 15.9 Å². The summed E-state index contributed by atoms with van der Waals surface area (Å²) in [6.45, 7) is 4.64. The summed E-state index contributed by atoms with van der Waals surface area (Å²) in [4.78, 5) is 24.4. The maximum Gasteiger partial charge on any atom is 0.270 e. The van der Waals surface area contributed by atoms with E-state index in [9.17, 15) is 14.9 Å². The quantitative estimate of drug-likeness (QED) is 0.587. The molecule has 1 rings (SSSR count). The number of non-ortho nitro benzene ring substituents is 1. The Balaban J connectivity index is 3.11. The highest BCUT2D eigenvalue weighted by Crippen LogP contribution is 2.24. The molecule has 0 aliphatic heterocycles. The number of carbonyl (C=O) groups excluding carboxylic acids is 1. The average molecular weight is 345 g/mol. The van der Waals surface area contributed by atoms with Crippen LogP contribution in [0.2, 0.25) is 0 Å². The minimum atomic E-state index is -0.516. The van der Waals surface area contributed by atoms with E-state index in [1.165, 1.54) is 18.2 Å². The van der Waals surface area contributed by atoms with Crippen molar-refractivity contribution in [3.63, 3.8) is 0 Å². The topological polar surface area (TPSA) is 72.7 Å². The maximum absolute atomic E-state index is 12.5. The molecule has 6 nitrogen and oxygen atoms in total. The van der Waals surface area contributed by atoms with Gasteiger partial charge in [-0.05, 0) is 35.8 Å². The van der Waals surface area contributed by atoms with Gasteiger partial charge in [-0.1, -0.05) is 0 Å². The maximum atomic E-state index is 12.5. The molecule has 110 valence electrons. The van der Waals surface area contributed by atoms with Crippen molar-refractivity contribution in [2.24, 2.45) is 0 Å². The Morgan fingerprint density at radius 2 is 2.20 bits per heavy atom. The Bertz CT molecular complexity index is 507. The van der Waals surface area contributed by atoms with E-state index in [4.69, 9.17) is 4.74 Å². The monoisotopic (exact) mass is 344 g/mol. The molecule has 1 amide bonds. The van der Waals surface area contributed by atoms with Crippen molar-refractivity contribution in [1.29, 1.82) is 0 Å². The number of hydrogen-bond donors (Lipinski definition) is 0. The molecule has 0 bridgehead atoms. The van der Waals surface area contributed by atoms with Crippen molar-refractivity contribution in [1.82, 2.24) is 4.90 Å². The lowest BCUT2D eigenvalue weighted by molar-refractivity contribution is -0.384. The number of nitrogens with zero attached hydrogens (tertiary/aromatic N) is 2. The Labute approximate surface area is 126 Å². The van der Waals surface area contributed by atoms with Gasteiger partial charge in [-0.3, -0.25) is 14.9 Å². The number of methoxy groups -OCH3 is 1. The van der Waals surface area contributed by atoms with Crippen LogP contribution in [-0.4, -0.2) is 42.0 Å². The summed E-state index contributed by atoms with van der Waals surface area (Å²) in [6, 6.07) is 4.05. The molecule has 0 radical (unpaired) electrons. The Morgan fingerprint density at radius 1 is 1.55 bits per heavy atom. The molecule has 0 aliphatic rings. The number of ether oxygens (including phenoxy) is 1. The first-order valence-electron chi connectivity index (χ1n) is 6.16. The molecule has 0 aliphatic carbocycles. The highest BCUT2D eigenvalue weighted by molar-refractivity contribution is 9.10. The van der Waals surface area contributed by atoms with Gasteiger partial charge in [-0.15, -0.1) is 0 Å². The molecule has 0 N–H and O–H groups in total. The number of amides is 1. The minimum Gasteiger partial charge on any atom is -0.383 e. The van der Waals surface area contributed by atoms with Crippen molar-refractivity contribution in [2.75, 3.05) is 20.3 Å². The summed E-state index contributed by atoms with van der Waals surface area (Å²) in [5, 5.41) is 10.8. The molecule has 0 saturated heterocycles. The fourth-order valence-corrected chi connectivity index (χ4v) is 2.35. The number of likely N-dealkylation sites (N-methyl/N-ethyl adjacent to an activating group) is 1. The predicted octanol–water partition coefficient (Wildman–Crippen LogP) is 2.85. The molecule has 0 heterocycles. The van der Waals surface area contributed by atoms with Gasteiger partial charge in [-0.2, -0.15) is 0 Å². The molecule has 0 fully saturated rings. The van der Waals surface area contributed by atoms with Gasteiger partial charge < -0.3 is 9.64 Å². The van der Waals surface area contributed by atoms with Crippen LogP contribution in [0.1, 0.15) is 24.2 Å². The van der Waals surface area contributed by atoms with Gasteiger partial charge in [0.2, 0.25) is 0 Å². The van der Waals surface area contributed by atoms with E-state index in [-0.39, 0.29) is 23.2 Å². The third-order valence-electron chi connectivity index (χ3n) is 2.93. The highest BCUT2D eigenvalue weighted by Gasteiger charge is 2.23. The van der Waals surface area contributed by atoms with Crippen LogP contribution in [0.4, 0.5) is 5.69 Å². The molecule has 0 spiro atoms. The number of rotatable bonds is 6. The van der Waals surface area contributed by atoms with Crippen LogP contribution in [0.3, 0.4) is 0 Å². The van der Waals surface area contributed by atoms with Crippen LogP contribution in [0, 0.1) is 10.1 Å². The van der Waals surface area contributed by atoms with Gasteiger partial charge in [0.05, 0.1) is 23.1 Å². The number of nitro groups is 1. The zero-order valence-electron chi connectivity index (χ0n) is 11.6. The summed E-state index contributed by atoms with van der Waals surface area (Å²) in [5.41, 5.74) is 0.177. The van der Waals surface area contributed by atoms with Gasteiger partial charge in [-0.25, -0.2) is 0 Å². The molecular weight excluding hydrogens is 328 g/mol. The second kappa shape index (κ2) is 7.35. The van der Waals surface area contributed by atoms with E-state index in [0.29, 0.717) is 17.6 Å². The average Bonchev–Trinajstić information content (AvgIpc) is 2.39. The summed E-state index contributed by atoms with van der Waals surface area (Å²) in [6.07, 6.45) is 0. The van der Waals surface area contributed by atoms with Crippen LogP contribution >= 0.6 is 15.9 Å². The van der Waals surface area contributed by atoms with Crippen molar-refractivity contribution >= 4 is 27.5 Å². The summed E-state index contributed by atoms with van der Waals surface area (Å²) in [7, 11) is 1.57. The van der Waals surface area contributed by atoms with Crippen molar-refractivity contribution in [2.45, 2.75) is 19.9 Å². The Morgan fingerprint density at radius 3 is 2.70 bits per heavy atom. The van der Waals surface area contributed by atoms with Gasteiger partial charge >= 0.3 is 0 Å². The van der Waals surface area contributed by atoms with E-state index in [0.717, 1.165) is 0 Å². The largest absolute Gasteiger partial charge is 0.383 e. The van der Waals surface area contributed by atoms with Crippen molar-refractivity contribution < 1.29 is 14.5 Å². The number of halogens is 1. The van der Waals surface area contributed by atoms with E-state index in [1.807, 2.05) is 13.8 Å². The third kappa shape index (κ3) is 3.77. The summed E-state index contributed by atoms with van der Waals surface area (Å²) in [5.74, 6) is -0.257. The Kier molecular flexibility index (Phi) is 6.09. The first kappa shape index (κ1) is 16.6. The smallest absolute Gasteiger partial charge is 0.270 e. The number of hydrogen-bond acceptors (Lipinski definition) is 4. The van der Waals surface area contributed by atoms with E-state index < -0.39 is 4.92 Å². The minimum absolute atomic E-state index is 0.105. The first-order chi connectivity index (χ1) is 9.42. The Hall–Kier alpha value is -1.47. The summed E-state index contributed by atoms with van der Waals surface area (Å²) < 4.78 is 5.59. The molecule has 1 aromatic rings. The zero-order chi connectivity index (χ0) is 15.3. The van der Waals surface area contributed by atoms with Gasteiger partial charge in [0, 0.05) is 30.3 Å². The van der Waals surface area contributed by atoms with Gasteiger partial charge in [0.15, 0.2) is 0 Å². The van der Waals surface area contributed by atoms with Gasteiger partial charge in [0.1, 0.15) is 0 Å². The van der Waals surface area contributed by atoms with Crippen molar-refractivity contribution in [3.8, 4) is 0 Å². The lowest BCUT2D eigenvalue weighted by Gasteiger charge is -2.27. The fourth-order valence-electron chi connectivity index (χ4n) is 1.93. The zero-order valence-corrected chi connectivity index (χ0v) is 13.2. The van der Waals surface area contributed by atoms with Crippen LogP contribution in [-0.2, 0) is 4.74 Å². The predicted molar refractivity (Wildman–Crippen MR) is 78.8 cm³/mol. The lowest BCUT2D eigenvalue weighted by Crippen LogP contribution is -2.41. The van der Waals surface area contributed by atoms with Crippen LogP contribution in [0.5, 0.6) is 0 Å². The fraction of sp³-hybridized carbons (Fsp3) is 0.462. The molecule has 1 aromatic carbocycles. The van der Waals surface area contributed by atoms with Crippen LogP contribution < -0.4 is 0 Å². The molecule has 20 heavy (non-hydrogen) atoms. The molecule has 0 saturated carbocycles. The number of benzene rings is 1. The van der Waals surface area contributed by atoms with E-state index >= 15 is 0 Å². The second-order valence-corrected chi connectivity index (χ2v) is 5.17. The standard InChI is InChI=1S/C13H17BrN2O4/c1-4-15(9(2)8-20-3)13(17)11-7-10(16(18)19)5-6-12(11)14/h5-7,9H,4,8H2,1-3H3. The first-order valence-corrected chi connectivity index (χ1v) is 6.95. The number of nitro benzene ring substituents is 1. The molecule has 1 unspecified atom stereocenters. The van der Waals surface area contributed by atoms with Crippen LogP contribution in [0.25, 0.3) is 0 Å². The van der Waals surface area contributed by atoms with Crippen LogP contribution in [0.15, 0.2) is 22.7 Å². The molecule has 7 heteroatoms. The van der Waals surface area contributed by atoms with E-state index in [1.54, 1.807) is 12.0 Å². The summed E-state index contributed by atoms with van der Waals surface area (Å²) >= 11 is 3.26. The SMILES string of the molecule is CCN(C(=O)c1cc([N+](=O)[O-])ccc1Br)C(C)COC. The molecule has 1 atom stereocenters. The second-order valence-electron chi connectivity index (χ2n) is 4.32. The normalized spacial score (nSPS) is 12.0. The third-order valence-corrected chi connectivity index (χ3v) is 3.62. The van der Waals surface area contributed by atoms with Gasteiger partial charge in [0.25, 0.3) is 11.6 Å². The lowest BCUT2D eigenvalue weighted by atomic mass is 10.1.